The first kappa shape index (κ1) is 16.0. The fourth-order valence-corrected chi connectivity index (χ4v) is 2.74. The highest BCUT2D eigenvalue weighted by molar-refractivity contribution is 6.39. The molecule has 1 fully saturated rings. The number of nitrogens with zero attached hydrogens (tertiary/aromatic N) is 3. The molecule has 0 bridgehead atoms. The van der Waals surface area contributed by atoms with E-state index in [0.717, 1.165) is 5.69 Å². The fraction of sp³-hybridized carbons (Fsp3) is 0.278. The molecular weight excluding hydrogens is 304 g/mol. The molecule has 1 aliphatic heterocycles. The summed E-state index contributed by atoms with van der Waals surface area (Å²) in [4.78, 5) is 32.1. The van der Waals surface area contributed by atoms with Gasteiger partial charge in [-0.3, -0.25) is 9.59 Å². The van der Waals surface area contributed by atoms with E-state index in [-0.39, 0.29) is 0 Å². The first-order valence-electron chi connectivity index (χ1n) is 7.96. The van der Waals surface area contributed by atoms with Gasteiger partial charge in [-0.05, 0) is 36.8 Å². The minimum Gasteiger partial charge on any atom is -0.368 e. The molecule has 1 aromatic heterocycles. The van der Waals surface area contributed by atoms with Crippen LogP contribution < -0.4 is 10.2 Å². The molecule has 1 aromatic carbocycles. The molecule has 0 saturated carbocycles. The molecular formula is C18H20N4O2. The number of carbonyl (C=O) groups excluding carboxylic acids is 2. The van der Waals surface area contributed by atoms with E-state index in [2.05, 4.69) is 40.3 Å². The summed E-state index contributed by atoms with van der Waals surface area (Å²) in [6.07, 6.45) is 1.57. The molecule has 1 N–H and O–H groups in total. The number of benzene rings is 1. The van der Waals surface area contributed by atoms with Crippen LogP contribution in [0.15, 0.2) is 48.7 Å². The predicted octanol–water partition coefficient (Wildman–Crippen LogP) is 1.68. The molecule has 2 aromatic rings. The number of amides is 2. The minimum absolute atomic E-state index is 0.384. The van der Waals surface area contributed by atoms with Crippen LogP contribution in [0.4, 0.5) is 11.5 Å². The molecule has 1 saturated heterocycles. The zero-order valence-corrected chi connectivity index (χ0v) is 13.6. The summed E-state index contributed by atoms with van der Waals surface area (Å²) in [7, 11) is 0. The SMILES string of the molecule is Cc1cccc(N2CCN(C(=O)C(=O)Nc3ccccn3)CC2)c1. The van der Waals surface area contributed by atoms with Crippen LogP contribution in [0.25, 0.3) is 0 Å². The van der Waals surface area contributed by atoms with Gasteiger partial charge in [-0.2, -0.15) is 0 Å². The lowest BCUT2D eigenvalue weighted by Crippen LogP contribution is -2.51. The van der Waals surface area contributed by atoms with Crippen molar-refractivity contribution in [1.29, 1.82) is 0 Å². The van der Waals surface area contributed by atoms with Crippen LogP contribution in [0.3, 0.4) is 0 Å². The molecule has 124 valence electrons. The standard InChI is InChI=1S/C18H20N4O2/c1-14-5-4-6-15(13-14)21-9-11-22(12-10-21)18(24)17(23)20-16-7-2-3-8-19-16/h2-8,13H,9-12H2,1H3,(H,19,20,23). The van der Waals surface area contributed by atoms with Crippen LogP contribution >= 0.6 is 0 Å². The Morgan fingerprint density at radius 3 is 2.50 bits per heavy atom. The average molecular weight is 324 g/mol. The molecule has 0 spiro atoms. The molecule has 6 nitrogen and oxygen atoms in total. The first-order chi connectivity index (χ1) is 11.6. The van der Waals surface area contributed by atoms with Crippen molar-refractivity contribution in [2.24, 2.45) is 0 Å². The first-order valence-corrected chi connectivity index (χ1v) is 7.96. The molecule has 24 heavy (non-hydrogen) atoms. The van der Waals surface area contributed by atoms with E-state index in [1.54, 1.807) is 29.3 Å². The van der Waals surface area contributed by atoms with Gasteiger partial charge in [0.1, 0.15) is 5.82 Å². The molecule has 0 unspecified atom stereocenters. The van der Waals surface area contributed by atoms with Gasteiger partial charge in [0.2, 0.25) is 0 Å². The van der Waals surface area contributed by atoms with Gasteiger partial charge < -0.3 is 15.1 Å². The zero-order chi connectivity index (χ0) is 16.9. The Labute approximate surface area is 141 Å². The summed E-state index contributed by atoms with van der Waals surface area (Å²) in [6.45, 7) is 4.55. The highest BCUT2D eigenvalue weighted by Crippen LogP contribution is 2.17. The van der Waals surface area contributed by atoms with Gasteiger partial charge in [-0.15, -0.1) is 0 Å². The summed E-state index contributed by atoms with van der Waals surface area (Å²) >= 11 is 0. The maximum Gasteiger partial charge on any atom is 0.315 e. The molecule has 0 atom stereocenters. The number of rotatable bonds is 2. The van der Waals surface area contributed by atoms with Gasteiger partial charge in [0.15, 0.2) is 0 Å². The van der Waals surface area contributed by atoms with E-state index < -0.39 is 11.8 Å². The Balaban J connectivity index is 1.56. The maximum absolute atomic E-state index is 12.3. The van der Waals surface area contributed by atoms with Crippen molar-refractivity contribution in [3.63, 3.8) is 0 Å². The van der Waals surface area contributed by atoms with E-state index in [1.807, 2.05) is 6.07 Å². The number of piperazine rings is 1. The smallest absolute Gasteiger partial charge is 0.315 e. The largest absolute Gasteiger partial charge is 0.368 e. The highest BCUT2D eigenvalue weighted by atomic mass is 16.2. The quantitative estimate of drug-likeness (QED) is 0.854. The third-order valence-electron chi connectivity index (χ3n) is 4.03. The summed E-state index contributed by atoms with van der Waals surface area (Å²) in [5, 5.41) is 2.53. The Kier molecular flexibility index (Phi) is 4.74. The molecule has 0 radical (unpaired) electrons. The van der Waals surface area contributed by atoms with Crippen molar-refractivity contribution in [2.45, 2.75) is 6.92 Å². The van der Waals surface area contributed by atoms with Crippen molar-refractivity contribution < 1.29 is 9.59 Å². The van der Waals surface area contributed by atoms with E-state index in [1.165, 1.54) is 5.56 Å². The molecule has 0 aliphatic carbocycles. The van der Waals surface area contributed by atoms with Crippen LogP contribution in [0, 0.1) is 6.92 Å². The zero-order valence-electron chi connectivity index (χ0n) is 13.6. The lowest BCUT2D eigenvalue weighted by molar-refractivity contribution is -0.143. The Morgan fingerprint density at radius 1 is 1.04 bits per heavy atom. The number of carbonyl (C=O) groups is 2. The topological polar surface area (TPSA) is 65.5 Å². The number of nitrogens with one attached hydrogen (secondary N) is 1. The van der Waals surface area contributed by atoms with Crippen LogP contribution in [-0.4, -0.2) is 47.9 Å². The Bertz CT molecular complexity index is 725. The van der Waals surface area contributed by atoms with Gasteiger partial charge in [-0.25, -0.2) is 4.98 Å². The van der Waals surface area contributed by atoms with E-state index >= 15 is 0 Å². The lowest BCUT2D eigenvalue weighted by atomic mass is 10.2. The van der Waals surface area contributed by atoms with Gasteiger partial charge in [0, 0.05) is 38.1 Å². The number of hydrogen-bond donors (Lipinski definition) is 1. The van der Waals surface area contributed by atoms with Crippen molar-refractivity contribution in [2.75, 3.05) is 36.4 Å². The number of aromatic nitrogens is 1. The summed E-state index contributed by atoms with van der Waals surface area (Å²) in [6, 6.07) is 13.5. The Morgan fingerprint density at radius 2 is 1.83 bits per heavy atom. The second kappa shape index (κ2) is 7.12. The minimum atomic E-state index is -0.641. The third-order valence-corrected chi connectivity index (χ3v) is 4.03. The van der Waals surface area contributed by atoms with Crippen LogP contribution in [0.5, 0.6) is 0 Å². The van der Waals surface area contributed by atoms with Gasteiger partial charge in [0.05, 0.1) is 0 Å². The summed E-state index contributed by atoms with van der Waals surface area (Å²) < 4.78 is 0. The van der Waals surface area contributed by atoms with Crippen LogP contribution in [0.1, 0.15) is 5.56 Å². The van der Waals surface area contributed by atoms with Crippen molar-refractivity contribution in [3.05, 3.63) is 54.2 Å². The number of hydrogen-bond acceptors (Lipinski definition) is 4. The number of pyridine rings is 1. The summed E-state index contributed by atoms with van der Waals surface area (Å²) in [5.74, 6) is -0.767. The van der Waals surface area contributed by atoms with Crippen molar-refractivity contribution in [3.8, 4) is 0 Å². The van der Waals surface area contributed by atoms with Crippen molar-refractivity contribution >= 4 is 23.3 Å². The molecule has 6 heteroatoms. The van der Waals surface area contributed by atoms with E-state index in [4.69, 9.17) is 0 Å². The predicted molar refractivity (Wildman–Crippen MR) is 92.8 cm³/mol. The molecule has 3 rings (SSSR count). The molecule has 1 aliphatic rings. The highest BCUT2D eigenvalue weighted by Gasteiger charge is 2.26. The number of anilines is 2. The molecule has 2 amide bonds. The van der Waals surface area contributed by atoms with Gasteiger partial charge in [0.25, 0.3) is 0 Å². The molecule has 2 heterocycles. The Hall–Kier alpha value is -2.89. The van der Waals surface area contributed by atoms with Crippen LogP contribution in [0.2, 0.25) is 0 Å². The van der Waals surface area contributed by atoms with Crippen LogP contribution in [-0.2, 0) is 9.59 Å². The van der Waals surface area contributed by atoms with Crippen molar-refractivity contribution in [1.82, 2.24) is 9.88 Å². The average Bonchev–Trinajstić information content (AvgIpc) is 2.62. The van der Waals surface area contributed by atoms with Gasteiger partial charge in [-0.1, -0.05) is 18.2 Å². The second-order valence-corrected chi connectivity index (χ2v) is 5.79. The third kappa shape index (κ3) is 3.71. The monoisotopic (exact) mass is 324 g/mol. The number of aryl methyl sites for hydroxylation is 1. The lowest BCUT2D eigenvalue weighted by Gasteiger charge is -2.35. The normalized spacial score (nSPS) is 14.4. The van der Waals surface area contributed by atoms with E-state index in [9.17, 15) is 9.59 Å². The maximum atomic E-state index is 12.3. The second-order valence-electron chi connectivity index (χ2n) is 5.79. The summed E-state index contributed by atoms with van der Waals surface area (Å²) in [5.41, 5.74) is 2.36. The van der Waals surface area contributed by atoms with E-state index in [0.29, 0.717) is 32.0 Å². The fourth-order valence-electron chi connectivity index (χ4n) is 2.74. The van der Waals surface area contributed by atoms with Gasteiger partial charge >= 0.3 is 11.8 Å².